The molecule has 0 aromatic heterocycles. The Morgan fingerprint density at radius 2 is 1.98 bits per heavy atom. The minimum atomic E-state index is -0.808. The molecule has 5 rings (SSSR count). The third-order valence-electron chi connectivity index (χ3n) is 7.10. The standard InChI is InChI=1S/C29H28BrN5O6/c1-14(2)41-13-18(37)12-35-11-17(36)7-15-9-21(23-19(27(15)35)5-4-6-22(23)38)32-33-26-16(10-31)8-20-24(25(26)30)29(40)34(3)28(20)39/h4-6,8-9,14,17-18,36-38H,7,11-13H2,1-3H3. The Kier molecular flexibility index (Phi) is 7.80. The van der Waals surface area contributed by atoms with E-state index in [2.05, 4.69) is 26.2 Å². The minimum Gasteiger partial charge on any atom is -0.507 e. The molecule has 2 aliphatic rings. The van der Waals surface area contributed by atoms with Gasteiger partial charge in [0, 0.05) is 37.6 Å². The lowest BCUT2D eigenvalue weighted by atomic mass is 9.93. The molecule has 2 amide bonds. The number of β-amino-alcohol motifs (C(OH)–C–C–N with tert-alkyl or cyclic N) is 2. The van der Waals surface area contributed by atoms with E-state index in [-0.39, 0.29) is 64.1 Å². The van der Waals surface area contributed by atoms with Crippen molar-refractivity contribution in [1.29, 1.82) is 5.26 Å². The fraction of sp³-hybridized carbons (Fsp3) is 0.345. The molecule has 0 aliphatic carbocycles. The molecule has 212 valence electrons. The molecule has 2 unspecified atom stereocenters. The molecule has 0 saturated heterocycles. The fourth-order valence-corrected chi connectivity index (χ4v) is 5.95. The molecular formula is C29H28BrN5O6. The number of nitriles is 1. The lowest BCUT2D eigenvalue weighted by Crippen LogP contribution is -2.44. The van der Waals surface area contributed by atoms with Gasteiger partial charge in [-0.25, -0.2) is 0 Å². The number of benzene rings is 3. The Morgan fingerprint density at radius 1 is 1.22 bits per heavy atom. The predicted molar refractivity (Wildman–Crippen MR) is 154 cm³/mol. The molecule has 41 heavy (non-hydrogen) atoms. The number of carbonyl (C=O) groups is 2. The molecule has 3 aromatic carbocycles. The zero-order valence-corrected chi connectivity index (χ0v) is 24.2. The highest BCUT2D eigenvalue weighted by Crippen LogP contribution is 2.45. The summed E-state index contributed by atoms with van der Waals surface area (Å²) in [5.74, 6) is -1.09. The Hall–Kier alpha value is -3.89. The number of amides is 2. The van der Waals surface area contributed by atoms with E-state index >= 15 is 0 Å². The molecule has 12 heteroatoms. The lowest BCUT2D eigenvalue weighted by Gasteiger charge is -2.36. The highest BCUT2D eigenvalue weighted by atomic mass is 79.9. The van der Waals surface area contributed by atoms with Gasteiger partial charge in [-0.3, -0.25) is 14.5 Å². The third-order valence-corrected chi connectivity index (χ3v) is 7.87. The van der Waals surface area contributed by atoms with Crippen LogP contribution in [0.5, 0.6) is 5.75 Å². The van der Waals surface area contributed by atoms with Crippen LogP contribution in [0.4, 0.5) is 17.1 Å². The van der Waals surface area contributed by atoms with Gasteiger partial charge in [-0.05, 0) is 53.5 Å². The lowest BCUT2D eigenvalue weighted by molar-refractivity contribution is 0.00804. The Bertz CT molecular complexity index is 1650. The number of aliphatic hydroxyl groups is 2. The summed E-state index contributed by atoms with van der Waals surface area (Å²) in [5.41, 5.74) is 2.09. The predicted octanol–water partition coefficient (Wildman–Crippen LogP) is 4.33. The van der Waals surface area contributed by atoms with Crippen LogP contribution in [0.25, 0.3) is 10.8 Å². The van der Waals surface area contributed by atoms with Crippen LogP contribution in [0, 0.1) is 11.3 Å². The number of aromatic hydroxyl groups is 1. The van der Waals surface area contributed by atoms with Crippen molar-refractivity contribution in [3.8, 4) is 11.8 Å². The monoisotopic (exact) mass is 621 g/mol. The number of azo groups is 1. The van der Waals surface area contributed by atoms with E-state index in [1.54, 1.807) is 12.1 Å². The number of hydrogen-bond acceptors (Lipinski definition) is 10. The Labute approximate surface area is 244 Å². The molecule has 0 saturated carbocycles. The maximum Gasteiger partial charge on any atom is 0.262 e. The topological polar surface area (TPSA) is 159 Å². The highest BCUT2D eigenvalue weighted by molar-refractivity contribution is 9.10. The Balaban J connectivity index is 1.61. The number of halogens is 1. The van der Waals surface area contributed by atoms with Gasteiger partial charge in [-0.2, -0.15) is 5.26 Å². The van der Waals surface area contributed by atoms with E-state index < -0.39 is 24.0 Å². The number of imide groups is 1. The Morgan fingerprint density at radius 3 is 2.68 bits per heavy atom. The van der Waals surface area contributed by atoms with Gasteiger partial charge in [-0.1, -0.05) is 12.1 Å². The molecule has 2 heterocycles. The summed E-state index contributed by atoms with van der Waals surface area (Å²) in [4.78, 5) is 28.0. The van der Waals surface area contributed by atoms with E-state index in [0.717, 1.165) is 16.2 Å². The van der Waals surface area contributed by atoms with Crippen molar-refractivity contribution in [3.05, 3.63) is 57.1 Å². The second-order valence-corrected chi connectivity index (χ2v) is 11.2. The second kappa shape index (κ2) is 11.2. The van der Waals surface area contributed by atoms with Crippen LogP contribution >= 0.6 is 15.9 Å². The van der Waals surface area contributed by atoms with Gasteiger partial charge < -0.3 is 25.0 Å². The molecule has 3 aromatic rings. The first-order chi connectivity index (χ1) is 19.5. The summed E-state index contributed by atoms with van der Waals surface area (Å²) >= 11 is 3.35. The van der Waals surface area contributed by atoms with Gasteiger partial charge in [0.25, 0.3) is 11.8 Å². The first-order valence-electron chi connectivity index (χ1n) is 13.0. The molecule has 2 aliphatic heterocycles. The van der Waals surface area contributed by atoms with E-state index in [1.807, 2.05) is 30.9 Å². The number of fused-ring (bicyclic) bond motifs is 4. The smallest absolute Gasteiger partial charge is 0.262 e. The van der Waals surface area contributed by atoms with Crippen molar-refractivity contribution in [1.82, 2.24) is 4.90 Å². The number of ether oxygens (including phenoxy) is 1. The normalized spacial score (nSPS) is 17.5. The van der Waals surface area contributed by atoms with E-state index in [1.165, 1.54) is 19.2 Å². The number of phenolic OH excluding ortho intramolecular Hbond substituents is 1. The highest BCUT2D eigenvalue weighted by Gasteiger charge is 2.37. The number of phenols is 1. The molecular weight excluding hydrogens is 594 g/mol. The number of nitrogens with zero attached hydrogens (tertiary/aromatic N) is 5. The summed E-state index contributed by atoms with van der Waals surface area (Å²) < 4.78 is 5.73. The van der Waals surface area contributed by atoms with Gasteiger partial charge in [-0.15, -0.1) is 10.2 Å². The van der Waals surface area contributed by atoms with Crippen LogP contribution in [0.2, 0.25) is 0 Å². The first kappa shape index (κ1) is 28.6. The maximum absolute atomic E-state index is 12.7. The third kappa shape index (κ3) is 5.17. The molecule has 0 fully saturated rings. The maximum atomic E-state index is 12.7. The number of hydrogen-bond donors (Lipinski definition) is 3. The number of aliphatic hydroxyl groups excluding tert-OH is 2. The summed E-state index contributed by atoms with van der Waals surface area (Å²) in [6, 6.07) is 10.1. The quantitative estimate of drug-likeness (QED) is 0.260. The average Bonchev–Trinajstić information content (AvgIpc) is 3.14. The van der Waals surface area contributed by atoms with Crippen molar-refractivity contribution >= 4 is 55.6 Å². The van der Waals surface area contributed by atoms with E-state index in [4.69, 9.17) is 4.74 Å². The van der Waals surface area contributed by atoms with E-state index in [9.17, 15) is 30.2 Å². The number of anilines is 1. The van der Waals surface area contributed by atoms with Gasteiger partial charge in [0.1, 0.15) is 17.5 Å². The van der Waals surface area contributed by atoms with Crippen LogP contribution in [-0.2, 0) is 11.2 Å². The van der Waals surface area contributed by atoms with Crippen molar-refractivity contribution in [2.75, 3.05) is 31.6 Å². The summed E-state index contributed by atoms with van der Waals surface area (Å²) in [6.07, 6.45) is -1.25. The molecule has 0 radical (unpaired) electrons. The van der Waals surface area contributed by atoms with Crippen LogP contribution < -0.4 is 4.90 Å². The van der Waals surface area contributed by atoms with Crippen LogP contribution in [0.3, 0.4) is 0 Å². The molecule has 11 nitrogen and oxygen atoms in total. The molecule has 3 N–H and O–H groups in total. The molecule has 0 bridgehead atoms. The largest absolute Gasteiger partial charge is 0.507 e. The number of carbonyl (C=O) groups excluding carboxylic acids is 2. The summed E-state index contributed by atoms with van der Waals surface area (Å²) in [5, 5.41) is 51.7. The van der Waals surface area contributed by atoms with Crippen molar-refractivity contribution in [3.63, 3.8) is 0 Å². The fourth-order valence-electron chi connectivity index (χ4n) is 5.28. The van der Waals surface area contributed by atoms with Crippen molar-refractivity contribution in [2.24, 2.45) is 10.2 Å². The molecule has 2 atom stereocenters. The average molecular weight is 622 g/mol. The van der Waals surface area contributed by atoms with Gasteiger partial charge in [0.2, 0.25) is 0 Å². The van der Waals surface area contributed by atoms with Gasteiger partial charge in [0.15, 0.2) is 0 Å². The van der Waals surface area contributed by atoms with Gasteiger partial charge >= 0.3 is 0 Å². The summed E-state index contributed by atoms with van der Waals surface area (Å²) in [6.45, 7) is 4.39. The first-order valence-corrected chi connectivity index (χ1v) is 13.8. The van der Waals surface area contributed by atoms with Crippen molar-refractivity contribution in [2.45, 2.75) is 38.6 Å². The van der Waals surface area contributed by atoms with Crippen LogP contribution in [0.15, 0.2) is 45.0 Å². The van der Waals surface area contributed by atoms with Crippen LogP contribution in [-0.4, -0.2) is 77.1 Å². The van der Waals surface area contributed by atoms with Crippen molar-refractivity contribution < 1.29 is 29.6 Å². The summed E-state index contributed by atoms with van der Waals surface area (Å²) in [7, 11) is 1.36. The molecule has 0 spiro atoms. The zero-order chi connectivity index (χ0) is 29.6. The second-order valence-electron chi connectivity index (χ2n) is 10.4. The minimum absolute atomic E-state index is 0.0404. The van der Waals surface area contributed by atoms with Gasteiger partial charge in [0.05, 0.1) is 57.2 Å². The SMILES string of the molecule is CC(C)OCC(O)CN1CC(O)Cc2cc(N=Nc3c(C#N)cc4c(c3Br)C(=O)N(C)C4=O)c3c(O)cccc3c21. The van der Waals surface area contributed by atoms with Crippen LogP contribution in [0.1, 0.15) is 45.7 Å². The van der Waals surface area contributed by atoms with E-state index in [0.29, 0.717) is 17.2 Å². The zero-order valence-electron chi connectivity index (χ0n) is 22.6. The number of rotatable bonds is 7.